The lowest BCUT2D eigenvalue weighted by Gasteiger charge is -2.12. The maximum Gasteiger partial charge on any atom is 0.141 e. The summed E-state index contributed by atoms with van der Waals surface area (Å²) in [6, 6.07) is 13.5. The van der Waals surface area contributed by atoms with Crippen LogP contribution in [0.4, 0.5) is 11.4 Å². The molecule has 0 saturated carbocycles. The lowest BCUT2D eigenvalue weighted by molar-refractivity contribution is 0.415. The zero-order valence-corrected chi connectivity index (χ0v) is 12.9. The molecule has 0 fully saturated rings. The van der Waals surface area contributed by atoms with Gasteiger partial charge in [0.2, 0.25) is 0 Å². The van der Waals surface area contributed by atoms with E-state index in [9.17, 15) is 0 Å². The highest BCUT2D eigenvalue weighted by molar-refractivity contribution is 6.32. The molecule has 0 bridgehead atoms. The van der Waals surface area contributed by atoms with Crippen LogP contribution < -0.4 is 20.1 Å². The van der Waals surface area contributed by atoms with Gasteiger partial charge in [0.25, 0.3) is 0 Å². The first-order chi connectivity index (χ1) is 10.2. The average Bonchev–Trinajstić information content (AvgIpc) is 2.52. The third-order valence-electron chi connectivity index (χ3n) is 3.03. The van der Waals surface area contributed by atoms with Crippen molar-refractivity contribution in [1.29, 1.82) is 0 Å². The molecule has 0 aliphatic heterocycles. The van der Waals surface area contributed by atoms with Crippen molar-refractivity contribution in [1.82, 2.24) is 0 Å². The van der Waals surface area contributed by atoms with E-state index in [1.807, 2.05) is 42.5 Å². The second-order valence-corrected chi connectivity index (χ2v) is 4.81. The molecule has 2 rings (SSSR count). The van der Waals surface area contributed by atoms with E-state index in [4.69, 9.17) is 21.1 Å². The third-order valence-corrected chi connectivity index (χ3v) is 3.32. The molecule has 2 N–H and O–H groups in total. The van der Waals surface area contributed by atoms with Crippen LogP contribution in [0.3, 0.4) is 0 Å². The second kappa shape index (κ2) is 7.64. The first kappa shape index (κ1) is 15.3. The molecule has 0 aromatic heterocycles. The molecule has 0 radical (unpaired) electrons. The number of para-hydroxylation sites is 2. The molecule has 0 unspecified atom stereocenters. The Morgan fingerprint density at radius 3 is 2.33 bits per heavy atom. The largest absolute Gasteiger partial charge is 0.495 e. The molecule has 4 nitrogen and oxygen atoms in total. The predicted molar refractivity (Wildman–Crippen MR) is 88.0 cm³/mol. The van der Waals surface area contributed by atoms with E-state index in [1.165, 1.54) is 0 Å². The molecule has 112 valence electrons. The molecular weight excluding hydrogens is 288 g/mol. The summed E-state index contributed by atoms with van der Waals surface area (Å²) in [6.07, 6.45) is 0. The number of hydrogen-bond acceptors (Lipinski definition) is 4. The Labute approximate surface area is 130 Å². The van der Waals surface area contributed by atoms with Crippen LogP contribution in [0, 0.1) is 0 Å². The Bertz CT molecular complexity index is 590. The summed E-state index contributed by atoms with van der Waals surface area (Å²) in [5.41, 5.74) is 1.94. The lowest BCUT2D eigenvalue weighted by Crippen LogP contribution is -2.14. The van der Waals surface area contributed by atoms with Crippen molar-refractivity contribution in [3.05, 3.63) is 47.5 Å². The zero-order valence-electron chi connectivity index (χ0n) is 12.2. The number of methoxy groups -OCH3 is 2. The van der Waals surface area contributed by atoms with Gasteiger partial charge in [0.1, 0.15) is 11.5 Å². The maximum atomic E-state index is 6.08. The Balaban J connectivity index is 1.83. The maximum absolute atomic E-state index is 6.08. The van der Waals surface area contributed by atoms with Gasteiger partial charge in [-0.25, -0.2) is 0 Å². The quantitative estimate of drug-likeness (QED) is 0.762. The van der Waals surface area contributed by atoms with Crippen LogP contribution in [-0.4, -0.2) is 27.3 Å². The lowest BCUT2D eigenvalue weighted by atomic mass is 10.3. The minimum Gasteiger partial charge on any atom is -0.495 e. The normalized spacial score (nSPS) is 10.0. The number of ether oxygens (including phenoxy) is 2. The molecule has 0 spiro atoms. The van der Waals surface area contributed by atoms with E-state index in [-0.39, 0.29) is 0 Å². The van der Waals surface area contributed by atoms with E-state index in [2.05, 4.69) is 10.6 Å². The summed E-state index contributed by atoms with van der Waals surface area (Å²) in [7, 11) is 3.27. The van der Waals surface area contributed by atoms with Gasteiger partial charge in [-0.15, -0.1) is 0 Å². The van der Waals surface area contributed by atoms with Crippen LogP contribution in [0.2, 0.25) is 5.02 Å². The molecule has 21 heavy (non-hydrogen) atoms. The average molecular weight is 307 g/mol. The summed E-state index contributed by atoms with van der Waals surface area (Å²) in [4.78, 5) is 0. The fraction of sp³-hybridized carbons (Fsp3) is 0.250. The van der Waals surface area contributed by atoms with Crippen molar-refractivity contribution in [2.45, 2.75) is 0 Å². The Morgan fingerprint density at radius 1 is 0.905 bits per heavy atom. The number of benzene rings is 2. The minimum absolute atomic E-state index is 0.597. The van der Waals surface area contributed by atoms with Gasteiger partial charge in [-0.3, -0.25) is 0 Å². The molecule has 0 amide bonds. The summed E-state index contributed by atoms with van der Waals surface area (Å²) < 4.78 is 10.4. The van der Waals surface area contributed by atoms with Crippen molar-refractivity contribution >= 4 is 23.0 Å². The summed E-state index contributed by atoms with van der Waals surface area (Å²) in [5, 5.41) is 7.23. The van der Waals surface area contributed by atoms with Crippen LogP contribution >= 0.6 is 11.6 Å². The molecule has 5 heteroatoms. The molecule has 0 atom stereocenters. The van der Waals surface area contributed by atoms with Gasteiger partial charge in [0, 0.05) is 18.8 Å². The molecular formula is C16H19ClN2O2. The van der Waals surface area contributed by atoms with E-state index in [0.717, 1.165) is 30.2 Å². The topological polar surface area (TPSA) is 42.5 Å². The number of hydrogen-bond donors (Lipinski definition) is 2. The van der Waals surface area contributed by atoms with Crippen LogP contribution in [0.25, 0.3) is 0 Å². The highest BCUT2D eigenvalue weighted by Gasteiger charge is 2.02. The number of nitrogens with one attached hydrogen (secondary N) is 2. The van der Waals surface area contributed by atoms with Gasteiger partial charge in [-0.05, 0) is 30.3 Å². The van der Waals surface area contributed by atoms with Gasteiger partial charge in [0.15, 0.2) is 0 Å². The van der Waals surface area contributed by atoms with Crippen LogP contribution in [0.1, 0.15) is 0 Å². The van der Waals surface area contributed by atoms with E-state index >= 15 is 0 Å². The molecule has 0 heterocycles. The van der Waals surface area contributed by atoms with Gasteiger partial charge in [-0.2, -0.15) is 0 Å². The van der Waals surface area contributed by atoms with Crippen LogP contribution in [0.5, 0.6) is 11.5 Å². The Kier molecular flexibility index (Phi) is 5.58. The molecule has 0 aliphatic rings. The smallest absolute Gasteiger partial charge is 0.141 e. The standard InChI is InChI=1S/C16H19ClN2O2/c1-20-15-8-7-12(11-13(15)17)18-9-10-19-14-5-3-4-6-16(14)21-2/h3-8,11,18-19H,9-10H2,1-2H3. The Morgan fingerprint density at radius 2 is 1.62 bits per heavy atom. The minimum atomic E-state index is 0.597. The molecule has 0 saturated heterocycles. The number of halogens is 1. The van der Waals surface area contributed by atoms with Crippen molar-refractivity contribution in [2.75, 3.05) is 37.9 Å². The fourth-order valence-electron chi connectivity index (χ4n) is 1.97. The SMILES string of the molecule is COc1ccc(NCCNc2ccccc2OC)cc1Cl. The predicted octanol–water partition coefficient (Wildman–Crippen LogP) is 3.88. The van der Waals surface area contributed by atoms with Crippen molar-refractivity contribution < 1.29 is 9.47 Å². The van der Waals surface area contributed by atoms with E-state index < -0.39 is 0 Å². The van der Waals surface area contributed by atoms with Crippen LogP contribution in [-0.2, 0) is 0 Å². The van der Waals surface area contributed by atoms with Gasteiger partial charge >= 0.3 is 0 Å². The van der Waals surface area contributed by atoms with Crippen molar-refractivity contribution in [2.24, 2.45) is 0 Å². The first-order valence-electron chi connectivity index (χ1n) is 6.69. The summed E-state index contributed by atoms with van der Waals surface area (Å²) in [6.45, 7) is 1.53. The molecule has 2 aromatic rings. The summed E-state index contributed by atoms with van der Waals surface area (Å²) in [5.74, 6) is 1.51. The zero-order chi connectivity index (χ0) is 15.1. The fourth-order valence-corrected chi connectivity index (χ4v) is 2.23. The number of anilines is 2. The van der Waals surface area contributed by atoms with Gasteiger partial charge < -0.3 is 20.1 Å². The Hall–Kier alpha value is -2.07. The first-order valence-corrected chi connectivity index (χ1v) is 7.06. The third kappa shape index (κ3) is 4.20. The van der Waals surface area contributed by atoms with Gasteiger partial charge in [-0.1, -0.05) is 23.7 Å². The molecule has 2 aromatic carbocycles. The molecule has 0 aliphatic carbocycles. The highest BCUT2D eigenvalue weighted by atomic mass is 35.5. The van der Waals surface area contributed by atoms with Crippen molar-refractivity contribution in [3.63, 3.8) is 0 Å². The number of rotatable bonds is 7. The highest BCUT2D eigenvalue weighted by Crippen LogP contribution is 2.27. The van der Waals surface area contributed by atoms with Crippen LogP contribution in [0.15, 0.2) is 42.5 Å². The monoisotopic (exact) mass is 306 g/mol. The van der Waals surface area contributed by atoms with Gasteiger partial charge in [0.05, 0.1) is 24.9 Å². The van der Waals surface area contributed by atoms with Crippen molar-refractivity contribution in [3.8, 4) is 11.5 Å². The second-order valence-electron chi connectivity index (χ2n) is 4.40. The van der Waals surface area contributed by atoms with E-state index in [1.54, 1.807) is 14.2 Å². The summed E-state index contributed by atoms with van der Waals surface area (Å²) >= 11 is 6.08. The van der Waals surface area contributed by atoms with E-state index in [0.29, 0.717) is 10.8 Å².